The maximum absolute atomic E-state index is 12.9. The molecule has 4 aromatic rings. The molecule has 150 valence electrons. The number of para-hydroxylation sites is 1. The van der Waals surface area contributed by atoms with Crippen molar-refractivity contribution in [3.63, 3.8) is 0 Å². The maximum atomic E-state index is 12.9. The van der Waals surface area contributed by atoms with Crippen molar-refractivity contribution in [2.45, 2.75) is 46.6 Å². The first-order chi connectivity index (χ1) is 13.8. The Morgan fingerprint density at radius 2 is 1.97 bits per heavy atom. The van der Waals surface area contributed by atoms with Crippen LogP contribution in [0, 0.1) is 20.8 Å². The van der Waals surface area contributed by atoms with Gasteiger partial charge >= 0.3 is 0 Å². The van der Waals surface area contributed by atoms with Crippen molar-refractivity contribution in [1.29, 1.82) is 0 Å². The van der Waals surface area contributed by atoms with Gasteiger partial charge in [-0.25, -0.2) is 9.50 Å². The highest BCUT2D eigenvalue weighted by Crippen LogP contribution is 2.27. The Labute approximate surface area is 170 Å². The van der Waals surface area contributed by atoms with Crippen LogP contribution in [0.1, 0.15) is 47.8 Å². The number of hydrogen-bond donors (Lipinski definition) is 0. The number of aryl methyl sites for hydroxylation is 3. The molecule has 0 bridgehead atoms. The van der Waals surface area contributed by atoms with Crippen LogP contribution in [0.2, 0.25) is 0 Å². The van der Waals surface area contributed by atoms with Gasteiger partial charge in [-0.2, -0.15) is 5.10 Å². The summed E-state index contributed by atoms with van der Waals surface area (Å²) in [5.74, 6) is 0.873. The minimum atomic E-state index is -0.133. The number of hydrogen-bond acceptors (Lipinski definition) is 4. The Bertz CT molecular complexity index is 1170. The lowest BCUT2D eigenvalue weighted by Gasteiger charge is -2.23. The molecular weight excluding hydrogens is 364 g/mol. The van der Waals surface area contributed by atoms with E-state index in [4.69, 9.17) is 4.42 Å². The molecule has 0 aliphatic heterocycles. The Kier molecular flexibility index (Phi) is 4.86. The minimum absolute atomic E-state index is 0.0773. The van der Waals surface area contributed by atoms with Crippen LogP contribution in [0.3, 0.4) is 0 Å². The van der Waals surface area contributed by atoms with Gasteiger partial charge in [-0.05, 0) is 51.8 Å². The molecule has 0 aliphatic rings. The average molecular weight is 390 g/mol. The smallest absolute Gasteiger partial charge is 0.223 e. The van der Waals surface area contributed by atoms with Crippen LogP contribution < -0.4 is 0 Å². The van der Waals surface area contributed by atoms with Crippen LogP contribution >= 0.6 is 0 Å². The number of benzene rings is 1. The van der Waals surface area contributed by atoms with Crippen LogP contribution in [-0.2, 0) is 11.2 Å². The molecule has 0 aliphatic carbocycles. The van der Waals surface area contributed by atoms with E-state index >= 15 is 0 Å². The summed E-state index contributed by atoms with van der Waals surface area (Å²) in [6, 6.07) is 11.7. The summed E-state index contributed by atoms with van der Waals surface area (Å²) < 4.78 is 7.80. The Hall–Kier alpha value is -3.15. The first-order valence-electron chi connectivity index (χ1n) is 9.91. The number of carbonyl (C=O) groups excluding carboxylic acids is 1. The van der Waals surface area contributed by atoms with Crippen LogP contribution in [0.5, 0.6) is 0 Å². The Morgan fingerprint density at radius 1 is 1.21 bits per heavy atom. The number of rotatable bonds is 5. The van der Waals surface area contributed by atoms with Gasteiger partial charge in [-0.1, -0.05) is 18.2 Å². The molecule has 4 rings (SSSR count). The first kappa shape index (κ1) is 19.2. The van der Waals surface area contributed by atoms with Crippen LogP contribution in [0.4, 0.5) is 0 Å². The zero-order valence-corrected chi connectivity index (χ0v) is 17.6. The molecule has 0 saturated heterocycles. The molecule has 0 radical (unpaired) electrons. The van der Waals surface area contributed by atoms with Crippen LogP contribution in [0.25, 0.3) is 16.6 Å². The highest BCUT2D eigenvalue weighted by molar-refractivity contribution is 5.79. The quantitative estimate of drug-likeness (QED) is 0.501. The van der Waals surface area contributed by atoms with Crippen molar-refractivity contribution in [3.05, 3.63) is 64.8 Å². The summed E-state index contributed by atoms with van der Waals surface area (Å²) in [5.41, 5.74) is 5.71. The van der Waals surface area contributed by atoms with E-state index in [2.05, 4.69) is 10.1 Å². The lowest BCUT2D eigenvalue weighted by molar-refractivity contribution is -0.132. The van der Waals surface area contributed by atoms with Gasteiger partial charge in [-0.3, -0.25) is 4.79 Å². The van der Waals surface area contributed by atoms with E-state index in [0.29, 0.717) is 12.8 Å². The van der Waals surface area contributed by atoms with E-state index in [9.17, 15) is 4.79 Å². The molecule has 0 saturated carbocycles. The molecule has 3 heterocycles. The third-order valence-corrected chi connectivity index (χ3v) is 5.71. The molecule has 6 heteroatoms. The number of carbonyl (C=O) groups is 1. The summed E-state index contributed by atoms with van der Waals surface area (Å²) in [6.45, 7) is 7.98. The van der Waals surface area contributed by atoms with E-state index in [-0.39, 0.29) is 11.9 Å². The number of nitrogens with zero attached hydrogens (tertiary/aromatic N) is 4. The molecule has 1 amide bonds. The van der Waals surface area contributed by atoms with Crippen molar-refractivity contribution in [1.82, 2.24) is 19.5 Å². The number of aromatic nitrogens is 3. The van der Waals surface area contributed by atoms with Crippen molar-refractivity contribution in [3.8, 4) is 0 Å². The first-order valence-corrected chi connectivity index (χ1v) is 9.91. The standard InChI is InChI=1S/C23H26N4O2/c1-14-12-22-24-15(2)19(16(3)27(22)25-14)10-11-23(28)26(5)17(4)21-13-18-8-6-7-9-20(18)29-21/h6-9,12-13,17H,10-11H2,1-5H3. The van der Waals surface area contributed by atoms with Crippen LogP contribution in [0.15, 0.2) is 40.8 Å². The van der Waals surface area contributed by atoms with E-state index in [0.717, 1.165) is 45.0 Å². The highest BCUT2D eigenvalue weighted by atomic mass is 16.3. The summed E-state index contributed by atoms with van der Waals surface area (Å²) in [6.07, 6.45) is 1.05. The minimum Gasteiger partial charge on any atom is -0.459 e. The van der Waals surface area contributed by atoms with Crippen molar-refractivity contribution < 1.29 is 9.21 Å². The number of amides is 1. The number of furan rings is 1. The van der Waals surface area contributed by atoms with E-state index in [1.165, 1.54) is 0 Å². The average Bonchev–Trinajstić information content (AvgIpc) is 3.29. The molecule has 1 aromatic carbocycles. The van der Waals surface area contributed by atoms with Crippen molar-refractivity contribution in [2.24, 2.45) is 0 Å². The Balaban J connectivity index is 1.49. The van der Waals surface area contributed by atoms with Gasteiger partial charge in [0.15, 0.2) is 5.65 Å². The molecule has 3 aromatic heterocycles. The van der Waals surface area contributed by atoms with E-state index in [1.54, 1.807) is 4.90 Å². The molecule has 0 N–H and O–H groups in total. The predicted molar refractivity (Wildman–Crippen MR) is 113 cm³/mol. The summed E-state index contributed by atoms with van der Waals surface area (Å²) in [7, 11) is 1.83. The predicted octanol–water partition coefficient (Wildman–Crippen LogP) is 4.55. The van der Waals surface area contributed by atoms with E-state index in [1.807, 2.05) is 75.7 Å². The topological polar surface area (TPSA) is 63.6 Å². The van der Waals surface area contributed by atoms with Gasteiger partial charge in [0.2, 0.25) is 5.91 Å². The monoisotopic (exact) mass is 390 g/mol. The van der Waals surface area contributed by atoms with Gasteiger partial charge in [0.1, 0.15) is 11.3 Å². The largest absolute Gasteiger partial charge is 0.459 e. The summed E-state index contributed by atoms with van der Waals surface area (Å²) >= 11 is 0. The molecule has 1 atom stereocenters. The molecular formula is C23H26N4O2. The maximum Gasteiger partial charge on any atom is 0.223 e. The lowest BCUT2D eigenvalue weighted by atomic mass is 10.1. The molecule has 1 unspecified atom stereocenters. The van der Waals surface area contributed by atoms with Gasteiger partial charge in [-0.15, -0.1) is 0 Å². The lowest BCUT2D eigenvalue weighted by Crippen LogP contribution is -2.29. The SMILES string of the molecule is Cc1cc2nc(C)c(CCC(=O)N(C)C(C)c3cc4ccccc4o3)c(C)n2n1. The highest BCUT2D eigenvalue weighted by Gasteiger charge is 2.21. The molecule has 6 nitrogen and oxygen atoms in total. The zero-order chi connectivity index (χ0) is 20.7. The summed E-state index contributed by atoms with van der Waals surface area (Å²) in [4.78, 5) is 19.3. The van der Waals surface area contributed by atoms with Crippen molar-refractivity contribution >= 4 is 22.5 Å². The normalized spacial score (nSPS) is 12.6. The van der Waals surface area contributed by atoms with Gasteiger partial charge in [0, 0.05) is 36.3 Å². The second-order valence-corrected chi connectivity index (χ2v) is 7.68. The molecule has 0 fully saturated rings. The fraction of sp³-hybridized carbons (Fsp3) is 0.348. The Morgan fingerprint density at radius 3 is 2.72 bits per heavy atom. The fourth-order valence-corrected chi connectivity index (χ4v) is 3.83. The van der Waals surface area contributed by atoms with Gasteiger partial charge in [0.25, 0.3) is 0 Å². The van der Waals surface area contributed by atoms with Gasteiger partial charge in [0.05, 0.1) is 11.7 Å². The van der Waals surface area contributed by atoms with E-state index < -0.39 is 0 Å². The molecule has 0 spiro atoms. The van der Waals surface area contributed by atoms with Crippen molar-refractivity contribution in [2.75, 3.05) is 7.05 Å². The van der Waals surface area contributed by atoms with Gasteiger partial charge < -0.3 is 9.32 Å². The van der Waals surface area contributed by atoms with Crippen LogP contribution in [-0.4, -0.2) is 32.5 Å². The zero-order valence-electron chi connectivity index (χ0n) is 17.6. The second-order valence-electron chi connectivity index (χ2n) is 7.68. The second kappa shape index (κ2) is 7.35. The molecule has 29 heavy (non-hydrogen) atoms. The summed E-state index contributed by atoms with van der Waals surface area (Å²) in [5, 5.41) is 5.56. The number of fused-ring (bicyclic) bond motifs is 2. The fourth-order valence-electron chi connectivity index (χ4n) is 3.83. The third-order valence-electron chi connectivity index (χ3n) is 5.71. The third kappa shape index (κ3) is 3.50.